The van der Waals surface area contributed by atoms with Crippen LogP contribution in [0.4, 0.5) is 10.1 Å². The Morgan fingerprint density at radius 1 is 1.17 bits per heavy atom. The van der Waals surface area contributed by atoms with Gasteiger partial charge in [0, 0.05) is 29.5 Å². The molecule has 4 rings (SSSR count). The van der Waals surface area contributed by atoms with E-state index in [9.17, 15) is 19.3 Å². The monoisotopic (exact) mass is 410 g/mol. The van der Waals surface area contributed by atoms with Crippen molar-refractivity contribution in [2.45, 2.75) is 25.3 Å². The van der Waals surface area contributed by atoms with Gasteiger partial charge in [0.15, 0.2) is 0 Å². The molecular formula is C22H19FN2O3S. The molecule has 0 saturated heterocycles. The highest BCUT2D eigenvalue weighted by molar-refractivity contribution is 7.10. The van der Waals surface area contributed by atoms with Gasteiger partial charge in [0.05, 0.1) is 11.0 Å². The van der Waals surface area contributed by atoms with Gasteiger partial charge in [0.1, 0.15) is 5.82 Å². The fourth-order valence-electron chi connectivity index (χ4n) is 3.88. The van der Waals surface area contributed by atoms with Gasteiger partial charge < -0.3 is 4.90 Å². The number of carbonyl (C=O) groups is 1. The van der Waals surface area contributed by atoms with Crippen LogP contribution in [-0.4, -0.2) is 22.3 Å². The molecule has 29 heavy (non-hydrogen) atoms. The number of nitrogens with zero attached hydrogens (tertiary/aromatic N) is 2. The van der Waals surface area contributed by atoms with Gasteiger partial charge in [0.2, 0.25) is 5.91 Å². The van der Waals surface area contributed by atoms with E-state index in [2.05, 4.69) is 0 Å². The number of fused-ring (bicyclic) bond motifs is 1. The number of nitro groups is 1. The maximum absolute atomic E-state index is 13.4. The van der Waals surface area contributed by atoms with Gasteiger partial charge in [-0.3, -0.25) is 14.9 Å². The van der Waals surface area contributed by atoms with Crippen LogP contribution in [0.2, 0.25) is 0 Å². The van der Waals surface area contributed by atoms with Crippen molar-refractivity contribution in [3.63, 3.8) is 0 Å². The fraction of sp³-hybridized carbons (Fsp3) is 0.227. The first kappa shape index (κ1) is 19.3. The van der Waals surface area contributed by atoms with E-state index in [4.69, 9.17) is 0 Å². The average molecular weight is 410 g/mol. The first-order chi connectivity index (χ1) is 14.0. The number of aryl methyl sites for hydroxylation is 1. The largest absolute Gasteiger partial charge is 0.331 e. The van der Waals surface area contributed by atoms with Crippen molar-refractivity contribution in [2.75, 3.05) is 6.54 Å². The molecule has 1 aliphatic heterocycles. The van der Waals surface area contributed by atoms with Crippen molar-refractivity contribution in [3.8, 4) is 0 Å². The van der Waals surface area contributed by atoms with Crippen molar-refractivity contribution in [1.29, 1.82) is 0 Å². The fourth-order valence-corrected chi connectivity index (χ4v) is 4.78. The molecule has 0 radical (unpaired) electrons. The summed E-state index contributed by atoms with van der Waals surface area (Å²) in [5.41, 5.74) is 2.53. The molecule has 148 valence electrons. The Morgan fingerprint density at radius 2 is 1.93 bits per heavy atom. The van der Waals surface area contributed by atoms with Crippen LogP contribution in [0.3, 0.4) is 0 Å². The predicted octanol–water partition coefficient (Wildman–Crippen LogP) is 4.90. The second-order valence-electron chi connectivity index (χ2n) is 6.98. The molecule has 2 heterocycles. The minimum Gasteiger partial charge on any atom is -0.331 e. The van der Waals surface area contributed by atoms with Gasteiger partial charge in [-0.15, -0.1) is 11.3 Å². The summed E-state index contributed by atoms with van der Waals surface area (Å²) < 4.78 is 13.4. The summed E-state index contributed by atoms with van der Waals surface area (Å²) in [7, 11) is 0. The van der Waals surface area contributed by atoms with Crippen molar-refractivity contribution < 1.29 is 14.1 Å². The third-order valence-electron chi connectivity index (χ3n) is 5.27. The molecule has 0 bridgehead atoms. The molecule has 1 amide bonds. The standard InChI is InChI=1S/C22H19FN2O3S/c23-17-8-5-16(6-9-17)22-18-12-14-29-20(18)11-13-24(22)21(26)10-7-15-3-1-2-4-19(15)25(27)28/h1-6,8-9,12,14,22H,7,10-11,13H2/t22-/m0/s1. The SMILES string of the molecule is O=C(CCc1ccccc1[N+](=O)[O-])N1CCc2sccc2[C@@H]1c1ccc(F)cc1. The van der Waals surface area contributed by atoms with Gasteiger partial charge in [-0.2, -0.15) is 0 Å². The van der Waals surface area contributed by atoms with E-state index in [1.165, 1.54) is 23.1 Å². The Bertz CT molecular complexity index is 1050. The smallest absolute Gasteiger partial charge is 0.272 e. The Labute approximate surface area is 171 Å². The Balaban J connectivity index is 1.58. The third kappa shape index (κ3) is 3.91. The highest BCUT2D eigenvalue weighted by Crippen LogP contribution is 2.38. The molecular weight excluding hydrogens is 391 g/mol. The lowest BCUT2D eigenvalue weighted by Gasteiger charge is -2.36. The summed E-state index contributed by atoms with van der Waals surface area (Å²) in [6, 6.07) is 14.5. The first-order valence-corrected chi connectivity index (χ1v) is 10.3. The maximum Gasteiger partial charge on any atom is 0.272 e. The summed E-state index contributed by atoms with van der Waals surface area (Å²) in [5, 5.41) is 13.2. The van der Waals surface area contributed by atoms with Gasteiger partial charge in [0.25, 0.3) is 5.69 Å². The van der Waals surface area contributed by atoms with Crippen LogP contribution in [0.5, 0.6) is 0 Å². The highest BCUT2D eigenvalue weighted by atomic mass is 32.1. The van der Waals surface area contributed by atoms with Crippen molar-refractivity contribution in [1.82, 2.24) is 4.90 Å². The molecule has 1 atom stereocenters. The number of hydrogen-bond donors (Lipinski definition) is 0. The lowest BCUT2D eigenvalue weighted by molar-refractivity contribution is -0.385. The van der Waals surface area contributed by atoms with E-state index in [-0.39, 0.29) is 29.9 Å². The summed E-state index contributed by atoms with van der Waals surface area (Å²) in [4.78, 5) is 27.0. The summed E-state index contributed by atoms with van der Waals surface area (Å²) >= 11 is 1.67. The normalized spacial score (nSPS) is 15.8. The molecule has 0 N–H and O–H groups in total. The number of para-hydroxylation sites is 1. The lowest BCUT2D eigenvalue weighted by atomic mass is 9.92. The van der Waals surface area contributed by atoms with E-state index in [0.29, 0.717) is 18.5 Å². The summed E-state index contributed by atoms with van der Waals surface area (Å²) in [6.45, 7) is 0.575. The minimum absolute atomic E-state index is 0.0362. The van der Waals surface area contributed by atoms with Gasteiger partial charge in [-0.1, -0.05) is 30.3 Å². The molecule has 0 fully saturated rings. The van der Waals surface area contributed by atoms with Gasteiger partial charge >= 0.3 is 0 Å². The van der Waals surface area contributed by atoms with Crippen LogP contribution in [0, 0.1) is 15.9 Å². The van der Waals surface area contributed by atoms with Crippen LogP contribution >= 0.6 is 11.3 Å². The Kier molecular flexibility index (Phi) is 5.40. The zero-order valence-electron chi connectivity index (χ0n) is 15.6. The summed E-state index contributed by atoms with van der Waals surface area (Å²) in [5.74, 6) is -0.376. The minimum atomic E-state index is -0.417. The topological polar surface area (TPSA) is 63.4 Å². The first-order valence-electron chi connectivity index (χ1n) is 9.38. The molecule has 0 unspecified atom stereocenters. The predicted molar refractivity (Wildman–Crippen MR) is 109 cm³/mol. The number of thiophene rings is 1. The molecule has 1 aliphatic rings. The van der Waals surface area contributed by atoms with Crippen molar-refractivity contribution in [2.24, 2.45) is 0 Å². The van der Waals surface area contributed by atoms with E-state index >= 15 is 0 Å². The molecule has 1 aromatic heterocycles. The zero-order chi connectivity index (χ0) is 20.4. The second-order valence-corrected chi connectivity index (χ2v) is 7.98. The number of amides is 1. The highest BCUT2D eigenvalue weighted by Gasteiger charge is 2.32. The number of halogens is 1. The molecule has 7 heteroatoms. The molecule has 3 aromatic rings. The Morgan fingerprint density at radius 3 is 2.69 bits per heavy atom. The quantitative estimate of drug-likeness (QED) is 0.444. The average Bonchev–Trinajstić information content (AvgIpc) is 3.21. The molecule has 5 nitrogen and oxygen atoms in total. The lowest BCUT2D eigenvalue weighted by Crippen LogP contribution is -2.40. The number of rotatable bonds is 5. The number of hydrogen-bond acceptors (Lipinski definition) is 4. The van der Waals surface area contributed by atoms with E-state index in [0.717, 1.165) is 17.5 Å². The van der Waals surface area contributed by atoms with Crippen LogP contribution < -0.4 is 0 Å². The number of nitro benzene ring substituents is 1. The van der Waals surface area contributed by atoms with Crippen molar-refractivity contribution in [3.05, 3.63) is 97.5 Å². The molecule has 0 aliphatic carbocycles. The van der Waals surface area contributed by atoms with E-state index in [1.54, 1.807) is 41.7 Å². The van der Waals surface area contributed by atoms with Crippen LogP contribution in [0.15, 0.2) is 60.0 Å². The maximum atomic E-state index is 13.4. The third-order valence-corrected chi connectivity index (χ3v) is 6.27. The second kappa shape index (κ2) is 8.13. The van der Waals surface area contributed by atoms with E-state index in [1.807, 2.05) is 16.3 Å². The molecule has 0 spiro atoms. The van der Waals surface area contributed by atoms with Crippen LogP contribution in [0.25, 0.3) is 0 Å². The van der Waals surface area contributed by atoms with E-state index < -0.39 is 4.92 Å². The number of carbonyl (C=O) groups excluding carboxylic acids is 1. The Hall–Kier alpha value is -3.06. The zero-order valence-corrected chi connectivity index (χ0v) is 16.4. The van der Waals surface area contributed by atoms with Gasteiger partial charge in [-0.05, 0) is 47.5 Å². The van der Waals surface area contributed by atoms with Gasteiger partial charge in [-0.25, -0.2) is 4.39 Å². The van der Waals surface area contributed by atoms with Crippen molar-refractivity contribution >= 4 is 22.9 Å². The summed E-state index contributed by atoms with van der Waals surface area (Å²) in [6.07, 6.45) is 1.27. The number of benzene rings is 2. The molecule has 0 saturated carbocycles. The van der Waals surface area contributed by atoms with Crippen LogP contribution in [-0.2, 0) is 17.6 Å². The van der Waals surface area contributed by atoms with Crippen LogP contribution in [0.1, 0.15) is 34.0 Å². The molecule has 2 aromatic carbocycles.